The molecule has 1 unspecified atom stereocenters. The van der Waals surface area contributed by atoms with Crippen molar-refractivity contribution < 1.29 is 17.9 Å². The zero-order valence-electron chi connectivity index (χ0n) is 10.5. The first-order valence-corrected chi connectivity index (χ1v) is 5.65. The summed E-state index contributed by atoms with van der Waals surface area (Å²) in [6.07, 6.45) is -4.00. The maximum Gasteiger partial charge on any atom is 0.425 e. The van der Waals surface area contributed by atoms with Gasteiger partial charge in [-0.25, -0.2) is 4.98 Å². The summed E-state index contributed by atoms with van der Waals surface area (Å²) < 4.78 is 42.0. The van der Waals surface area contributed by atoms with Gasteiger partial charge in [-0.05, 0) is 20.3 Å². The van der Waals surface area contributed by atoms with Crippen molar-refractivity contribution in [2.45, 2.75) is 39.5 Å². The molecule has 1 rings (SSSR count). The topological polar surface area (TPSA) is 47.0 Å². The van der Waals surface area contributed by atoms with Gasteiger partial charge in [0.05, 0.1) is 0 Å². The first-order chi connectivity index (χ1) is 8.34. The van der Waals surface area contributed by atoms with Gasteiger partial charge < -0.3 is 10.1 Å². The number of anilines is 1. The van der Waals surface area contributed by atoms with Crippen LogP contribution in [0.15, 0.2) is 6.20 Å². The van der Waals surface area contributed by atoms with Crippen LogP contribution < -0.4 is 10.1 Å². The van der Waals surface area contributed by atoms with Gasteiger partial charge in [-0.1, -0.05) is 6.92 Å². The van der Waals surface area contributed by atoms with E-state index in [4.69, 9.17) is 4.74 Å². The lowest BCUT2D eigenvalue weighted by molar-refractivity contribution is -0.190. The summed E-state index contributed by atoms with van der Waals surface area (Å²) in [4.78, 5) is 7.88. The number of aromatic nitrogens is 2. The van der Waals surface area contributed by atoms with Crippen LogP contribution in [0.5, 0.6) is 5.88 Å². The van der Waals surface area contributed by atoms with Crippen LogP contribution in [0.3, 0.4) is 0 Å². The third kappa shape index (κ3) is 4.05. The number of hydrogen-bond acceptors (Lipinski definition) is 4. The maximum atomic E-state index is 12.4. The Morgan fingerprint density at radius 1 is 1.44 bits per heavy atom. The smallest absolute Gasteiger partial charge is 0.425 e. The molecule has 1 aromatic rings. The van der Waals surface area contributed by atoms with E-state index in [1.54, 1.807) is 6.92 Å². The van der Waals surface area contributed by atoms with Crippen LogP contribution >= 0.6 is 0 Å². The summed E-state index contributed by atoms with van der Waals surface area (Å²) in [6.45, 7) is 5.16. The molecule has 0 fully saturated rings. The van der Waals surface area contributed by atoms with Crippen LogP contribution in [0.4, 0.5) is 19.1 Å². The van der Waals surface area contributed by atoms with Gasteiger partial charge in [-0.2, -0.15) is 18.2 Å². The van der Waals surface area contributed by atoms with Crippen molar-refractivity contribution >= 4 is 5.95 Å². The van der Waals surface area contributed by atoms with E-state index in [-0.39, 0.29) is 11.8 Å². The van der Waals surface area contributed by atoms with Crippen molar-refractivity contribution in [2.24, 2.45) is 0 Å². The zero-order chi connectivity index (χ0) is 13.8. The predicted molar refractivity (Wildman–Crippen MR) is 61.7 cm³/mol. The van der Waals surface area contributed by atoms with Gasteiger partial charge in [-0.15, -0.1) is 0 Å². The molecule has 18 heavy (non-hydrogen) atoms. The van der Waals surface area contributed by atoms with Crippen molar-refractivity contribution in [3.8, 4) is 5.88 Å². The molecule has 4 nitrogen and oxygen atoms in total. The molecule has 0 aliphatic carbocycles. The number of rotatable bonds is 5. The fourth-order valence-corrected chi connectivity index (χ4v) is 1.10. The van der Waals surface area contributed by atoms with Gasteiger partial charge in [0.1, 0.15) is 0 Å². The lowest BCUT2D eigenvalue weighted by Crippen LogP contribution is -2.31. The Bertz CT molecular complexity index is 396. The van der Waals surface area contributed by atoms with Crippen molar-refractivity contribution in [1.29, 1.82) is 0 Å². The lowest BCUT2D eigenvalue weighted by Gasteiger charge is -2.18. The lowest BCUT2D eigenvalue weighted by atomic mass is 10.3. The number of aryl methyl sites for hydroxylation is 1. The van der Waals surface area contributed by atoms with E-state index in [0.717, 1.165) is 13.3 Å². The van der Waals surface area contributed by atoms with E-state index < -0.39 is 12.3 Å². The van der Waals surface area contributed by atoms with Gasteiger partial charge in [0.2, 0.25) is 11.8 Å². The first kappa shape index (κ1) is 14.5. The van der Waals surface area contributed by atoms with Crippen LogP contribution in [-0.2, 0) is 0 Å². The number of hydrogen-bond donors (Lipinski definition) is 1. The molecule has 0 bridgehead atoms. The summed E-state index contributed by atoms with van der Waals surface area (Å²) in [7, 11) is 0. The molecule has 0 aliphatic rings. The molecule has 1 aromatic heterocycles. The molecule has 0 spiro atoms. The SMILES string of the molecule is CCCNc1ncc(C)c(OC(C)C(F)(F)F)n1. The Balaban J connectivity index is 2.81. The Morgan fingerprint density at radius 3 is 2.67 bits per heavy atom. The largest absolute Gasteiger partial charge is 0.465 e. The second kappa shape index (κ2) is 5.88. The molecule has 7 heteroatoms. The van der Waals surface area contributed by atoms with Crippen molar-refractivity contribution in [3.05, 3.63) is 11.8 Å². The zero-order valence-corrected chi connectivity index (χ0v) is 10.5. The van der Waals surface area contributed by atoms with E-state index in [1.165, 1.54) is 6.20 Å². The standard InChI is InChI=1S/C11H16F3N3O/c1-4-5-15-10-16-6-7(2)9(17-10)18-8(3)11(12,13)14/h6,8H,4-5H2,1-3H3,(H,15,16,17). The molecule has 1 atom stereocenters. The molecule has 102 valence electrons. The summed E-state index contributed by atoms with van der Waals surface area (Å²) in [5, 5.41) is 2.89. The van der Waals surface area contributed by atoms with Crippen LogP contribution in [-0.4, -0.2) is 28.8 Å². The minimum Gasteiger partial charge on any atom is -0.465 e. The highest BCUT2D eigenvalue weighted by atomic mass is 19.4. The van der Waals surface area contributed by atoms with Crippen molar-refractivity contribution in [1.82, 2.24) is 9.97 Å². The Kier molecular flexibility index (Phi) is 4.75. The average Bonchev–Trinajstić information content (AvgIpc) is 2.28. The van der Waals surface area contributed by atoms with E-state index in [1.807, 2.05) is 6.92 Å². The van der Waals surface area contributed by atoms with Crippen LogP contribution in [0, 0.1) is 6.92 Å². The van der Waals surface area contributed by atoms with Crippen LogP contribution in [0.1, 0.15) is 25.8 Å². The monoisotopic (exact) mass is 263 g/mol. The van der Waals surface area contributed by atoms with Crippen LogP contribution in [0.25, 0.3) is 0 Å². The average molecular weight is 263 g/mol. The Morgan fingerprint density at radius 2 is 2.11 bits per heavy atom. The van der Waals surface area contributed by atoms with Crippen molar-refractivity contribution in [3.63, 3.8) is 0 Å². The van der Waals surface area contributed by atoms with E-state index in [0.29, 0.717) is 12.1 Å². The van der Waals surface area contributed by atoms with Gasteiger partial charge in [0.15, 0.2) is 6.10 Å². The molecule has 0 aromatic carbocycles. The van der Waals surface area contributed by atoms with E-state index >= 15 is 0 Å². The number of alkyl halides is 3. The maximum absolute atomic E-state index is 12.4. The molecule has 0 saturated carbocycles. The number of nitrogens with one attached hydrogen (secondary N) is 1. The summed E-state index contributed by atoms with van der Waals surface area (Å²) >= 11 is 0. The molecule has 0 aliphatic heterocycles. The van der Waals surface area contributed by atoms with Gasteiger partial charge in [-0.3, -0.25) is 0 Å². The molecular weight excluding hydrogens is 247 g/mol. The molecule has 1 heterocycles. The number of ether oxygens (including phenoxy) is 1. The molecule has 0 radical (unpaired) electrons. The molecular formula is C11H16F3N3O. The Hall–Kier alpha value is -1.53. The second-order valence-electron chi connectivity index (χ2n) is 3.91. The normalized spacial score (nSPS) is 13.2. The molecule has 0 saturated heterocycles. The third-order valence-corrected chi connectivity index (χ3v) is 2.21. The van der Waals surface area contributed by atoms with Gasteiger partial charge in [0, 0.05) is 18.3 Å². The quantitative estimate of drug-likeness (QED) is 0.887. The fraction of sp³-hybridized carbons (Fsp3) is 0.636. The third-order valence-electron chi connectivity index (χ3n) is 2.21. The highest BCUT2D eigenvalue weighted by Crippen LogP contribution is 2.25. The predicted octanol–water partition coefficient (Wildman–Crippen LogP) is 2.94. The van der Waals surface area contributed by atoms with E-state index in [2.05, 4.69) is 15.3 Å². The van der Waals surface area contributed by atoms with Crippen LogP contribution in [0.2, 0.25) is 0 Å². The first-order valence-electron chi connectivity index (χ1n) is 5.65. The fourth-order valence-electron chi connectivity index (χ4n) is 1.10. The molecule has 0 amide bonds. The summed E-state index contributed by atoms with van der Waals surface area (Å²) in [5.41, 5.74) is 0.466. The summed E-state index contributed by atoms with van der Waals surface area (Å²) in [5.74, 6) is 0.222. The molecule has 1 N–H and O–H groups in total. The van der Waals surface area contributed by atoms with Gasteiger partial charge in [0.25, 0.3) is 0 Å². The van der Waals surface area contributed by atoms with Crippen molar-refractivity contribution in [2.75, 3.05) is 11.9 Å². The summed E-state index contributed by atoms with van der Waals surface area (Å²) in [6, 6.07) is 0. The van der Waals surface area contributed by atoms with E-state index in [9.17, 15) is 13.2 Å². The minimum absolute atomic E-state index is 0.0478. The second-order valence-corrected chi connectivity index (χ2v) is 3.91. The number of halogens is 3. The Labute approximate surface area is 104 Å². The van der Waals surface area contributed by atoms with Gasteiger partial charge >= 0.3 is 6.18 Å². The highest BCUT2D eigenvalue weighted by Gasteiger charge is 2.38. The highest BCUT2D eigenvalue weighted by molar-refractivity contribution is 5.32. The minimum atomic E-state index is -4.41. The number of nitrogens with zero attached hydrogens (tertiary/aromatic N) is 2.